The number of hydrogen-bond acceptors (Lipinski definition) is 5. The van der Waals surface area contributed by atoms with Crippen LogP contribution in [0.15, 0.2) is 30.3 Å². The van der Waals surface area contributed by atoms with Crippen LogP contribution in [0.5, 0.6) is 0 Å². The van der Waals surface area contributed by atoms with E-state index in [1.54, 1.807) is 19.1 Å². The number of ketones is 1. The lowest BCUT2D eigenvalue weighted by Gasteiger charge is -2.65. The van der Waals surface area contributed by atoms with Crippen LogP contribution in [0.3, 0.4) is 0 Å². The van der Waals surface area contributed by atoms with Gasteiger partial charge in [-0.2, -0.15) is 0 Å². The molecule has 0 saturated heterocycles. The molecular weight excluding hydrogens is 526 g/mol. The molecule has 4 aliphatic rings. The van der Waals surface area contributed by atoms with Gasteiger partial charge in [-0.25, -0.2) is 4.79 Å². The Morgan fingerprint density at radius 1 is 1.02 bits per heavy atom. The Morgan fingerprint density at radius 2 is 1.71 bits per heavy atom. The number of benzene rings is 1. The number of carbonyl (C=O) groups is 3. The number of Topliss-reactive ketones (excluding diaryl/α,β-unsaturated/α-hetero) is 1. The fourth-order valence-electron chi connectivity index (χ4n) is 10.0. The molecule has 0 aliphatic heterocycles. The van der Waals surface area contributed by atoms with Crippen LogP contribution in [0.25, 0.3) is 0 Å². The number of carboxylic acids is 1. The van der Waals surface area contributed by atoms with E-state index < -0.39 is 11.5 Å². The Labute approximate surface area is 253 Å². The first-order chi connectivity index (χ1) is 19.9. The largest absolute Gasteiger partial charge is 0.481 e. The van der Waals surface area contributed by atoms with Gasteiger partial charge in [-0.15, -0.1) is 0 Å². The molecule has 234 valence electrons. The Bertz CT molecular complexity index is 1120. The van der Waals surface area contributed by atoms with Gasteiger partial charge in [0.2, 0.25) is 0 Å². The van der Waals surface area contributed by atoms with Crippen LogP contribution in [0, 0.1) is 46.3 Å². The number of hydrogen-bond donors (Lipinski definition) is 2. The Kier molecular flexibility index (Phi) is 9.96. The van der Waals surface area contributed by atoms with Gasteiger partial charge in [-0.1, -0.05) is 72.6 Å². The molecule has 0 heterocycles. The molecule has 0 amide bonds. The van der Waals surface area contributed by atoms with Crippen molar-refractivity contribution in [2.75, 3.05) is 0 Å². The summed E-state index contributed by atoms with van der Waals surface area (Å²) in [6, 6.07) is 9.23. The van der Waals surface area contributed by atoms with Crippen LogP contribution in [0.1, 0.15) is 123 Å². The molecule has 1 aromatic carbocycles. The topological polar surface area (TPSA) is 107 Å². The molecule has 0 bridgehead atoms. The molecule has 0 radical (unpaired) electrons. The lowest BCUT2D eigenvalue weighted by molar-refractivity contribution is -0.177. The van der Waals surface area contributed by atoms with Crippen LogP contribution in [0.4, 0.5) is 0 Å². The van der Waals surface area contributed by atoms with Crippen molar-refractivity contribution in [2.45, 2.75) is 124 Å². The van der Waals surface area contributed by atoms with Gasteiger partial charge in [0.1, 0.15) is 11.9 Å². The second-order valence-electron chi connectivity index (χ2n) is 14.5. The average molecular weight is 582 g/mol. The zero-order valence-electron chi connectivity index (χ0n) is 26.9. The van der Waals surface area contributed by atoms with Gasteiger partial charge in [0.05, 0.1) is 11.5 Å². The predicted octanol–water partition coefficient (Wildman–Crippen LogP) is 7.68. The van der Waals surface area contributed by atoms with Crippen molar-refractivity contribution in [3.8, 4) is 0 Å². The van der Waals surface area contributed by atoms with Crippen LogP contribution in [-0.4, -0.2) is 34.5 Å². The van der Waals surface area contributed by atoms with E-state index in [2.05, 4.69) is 20.8 Å². The maximum atomic E-state index is 13.4. The minimum Gasteiger partial charge on any atom is -0.481 e. The van der Waals surface area contributed by atoms with Crippen molar-refractivity contribution in [3.63, 3.8) is 0 Å². The van der Waals surface area contributed by atoms with Gasteiger partial charge >= 0.3 is 11.9 Å². The molecule has 5 rings (SSSR count). The highest BCUT2D eigenvalue weighted by atomic mass is 16.5. The number of fused-ring (bicyclic) bond motifs is 5. The number of carbonyl (C=O) groups excluding carboxylic acids is 2. The van der Waals surface area contributed by atoms with Crippen molar-refractivity contribution < 1.29 is 24.2 Å². The van der Waals surface area contributed by atoms with Crippen LogP contribution < -0.4 is 5.73 Å². The summed E-state index contributed by atoms with van der Waals surface area (Å²) in [5, 5.41) is 9.30. The second kappa shape index (κ2) is 12.8. The van der Waals surface area contributed by atoms with Crippen molar-refractivity contribution in [1.82, 2.24) is 0 Å². The molecule has 0 spiro atoms. The quantitative estimate of drug-likeness (QED) is 0.305. The molecule has 6 heteroatoms. The van der Waals surface area contributed by atoms with E-state index in [9.17, 15) is 19.5 Å². The van der Waals surface area contributed by atoms with Crippen molar-refractivity contribution in [1.29, 1.82) is 0 Å². The molecule has 4 saturated carbocycles. The normalized spacial score (nSPS) is 38.5. The highest BCUT2D eigenvalue weighted by molar-refractivity contribution is 5.89. The van der Waals surface area contributed by atoms with Crippen LogP contribution in [0.2, 0.25) is 0 Å². The third kappa shape index (κ3) is 5.81. The van der Waals surface area contributed by atoms with Gasteiger partial charge in [0.15, 0.2) is 0 Å². The van der Waals surface area contributed by atoms with Gasteiger partial charge in [0.25, 0.3) is 0 Å². The fourth-order valence-corrected chi connectivity index (χ4v) is 10.0. The zero-order chi connectivity index (χ0) is 30.9. The fraction of sp³-hybridized carbons (Fsp3) is 0.750. The minimum absolute atomic E-state index is 0.140. The van der Waals surface area contributed by atoms with E-state index in [-0.39, 0.29) is 40.5 Å². The third-order valence-electron chi connectivity index (χ3n) is 12.5. The second-order valence-corrected chi connectivity index (χ2v) is 14.5. The first kappa shape index (κ1) is 32.7. The number of esters is 1. The first-order valence-corrected chi connectivity index (χ1v) is 16.7. The molecule has 6 nitrogen and oxygen atoms in total. The molecule has 4 fully saturated rings. The maximum absolute atomic E-state index is 13.4. The smallest absolute Gasteiger partial charge is 0.338 e. The number of carboxylic acid groups (broad SMARTS) is 1. The van der Waals surface area contributed by atoms with Crippen LogP contribution in [-0.2, 0) is 14.3 Å². The van der Waals surface area contributed by atoms with E-state index in [0.29, 0.717) is 48.5 Å². The molecule has 10 atom stereocenters. The number of ether oxygens (including phenoxy) is 1. The monoisotopic (exact) mass is 581 g/mol. The van der Waals surface area contributed by atoms with Gasteiger partial charge in [-0.3, -0.25) is 9.59 Å². The standard InChI is InChI=1S/C34H49NO5.C2H6/c1-21(9-8-10-22(2)30(37)38)25-13-14-26-29-27(16-17-32(25,26)3)33(4)18-15-24(36)19-34(33,35)20-28(29)40-31(39)23-11-6-5-7-12-23;1-2/h5-7,11-12,21-22,25-29H,8-10,13-20,35H2,1-4H3,(H,37,38);1-2H3/t21-,22?,25?,26?,27?,28-,29?,32?,33?,34+;/m1./s1. The first-order valence-electron chi connectivity index (χ1n) is 16.7. The summed E-state index contributed by atoms with van der Waals surface area (Å²) >= 11 is 0. The summed E-state index contributed by atoms with van der Waals surface area (Å²) in [5.41, 5.74) is 7.12. The average Bonchev–Trinajstić information content (AvgIpc) is 3.32. The number of nitrogens with two attached hydrogens (primary N) is 1. The maximum Gasteiger partial charge on any atom is 0.338 e. The predicted molar refractivity (Wildman–Crippen MR) is 166 cm³/mol. The van der Waals surface area contributed by atoms with Gasteiger partial charge in [0, 0.05) is 30.7 Å². The SMILES string of the molecule is CC.CC(CCC[C@@H](C)C1CCC2C3C(CCC21C)C1(C)CCC(=O)C[C@]1(N)C[C@H]3OC(=O)c1ccccc1)C(=O)O. The summed E-state index contributed by atoms with van der Waals surface area (Å²) < 4.78 is 6.42. The molecule has 7 unspecified atom stereocenters. The van der Waals surface area contributed by atoms with Crippen LogP contribution >= 0.6 is 0 Å². The highest BCUT2D eigenvalue weighted by Gasteiger charge is 2.67. The zero-order valence-corrected chi connectivity index (χ0v) is 26.9. The van der Waals surface area contributed by atoms with Crippen molar-refractivity contribution in [3.05, 3.63) is 35.9 Å². The molecular formula is C36H55NO5. The lowest BCUT2D eigenvalue weighted by atomic mass is 9.41. The Hall–Kier alpha value is -2.21. The van der Waals surface area contributed by atoms with Gasteiger partial charge < -0.3 is 15.6 Å². The Balaban J connectivity index is 0.00000198. The van der Waals surface area contributed by atoms with E-state index >= 15 is 0 Å². The lowest BCUT2D eigenvalue weighted by Crippen LogP contribution is -2.70. The number of rotatable bonds is 8. The van der Waals surface area contributed by atoms with Gasteiger partial charge in [-0.05, 0) is 85.2 Å². The summed E-state index contributed by atoms with van der Waals surface area (Å²) in [6.07, 6.45) is 9.27. The third-order valence-corrected chi connectivity index (χ3v) is 12.5. The minimum atomic E-state index is -0.707. The van der Waals surface area contributed by atoms with E-state index in [1.807, 2.05) is 32.0 Å². The summed E-state index contributed by atoms with van der Waals surface area (Å²) in [7, 11) is 0. The van der Waals surface area contributed by atoms with E-state index in [0.717, 1.165) is 44.9 Å². The van der Waals surface area contributed by atoms with E-state index in [1.165, 1.54) is 6.42 Å². The summed E-state index contributed by atoms with van der Waals surface area (Å²) in [5.74, 6) is 1.07. The molecule has 1 aromatic rings. The van der Waals surface area contributed by atoms with Crippen molar-refractivity contribution in [2.24, 2.45) is 52.1 Å². The summed E-state index contributed by atoms with van der Waals surface area (Å²) in [6.45, 7) is 13.0. The Morgan fingerprint density at radius 3 is 2.38 bits per heavy atom. The molecule has 0 aromatic heterocycles. The summed E-state index contributed by atoms with van der Waals surface area (Å²) in [4.78, 5) is 37.4. The highest BCUT2D eigenvalue weighted by Crippen LogP contribution is 2.69. The van der Waals surface area contributed by atoms with Crippen molar-refractivity contribution >= 4 is 17.7 Å². The molecule has 4 aliphatic carbocycles. The van der Waals surface area contributed by atoms with E-state index in [4.69, 9.17) is 10.5 Å². The molecule has 3 N–H and O–H groups in total. The molecule has 42 heavy (non-hydrogen) atoms. The number of aliphatic carboxylic acids is 1.